The molecule has 0 aromatic rings. The second kappa shape index (κ2) is 4.22. The molecule has 1 atom stereocenters. The smallest absolute Gasteiger partial charge is 0.293 e. The average molecular weight is 358 g/mol. The van der Waals surface area contributed by atoms with E-state index in [1.54, 1.807) is 6.20 Å². The van der Waals surface area contributed by atoms with Crippen LogP contribution in [0.15, 0.2) is 33.8 Å². The lowest BCUT2D eigenvalue weighted by molar-refractivity contribution is -0.745. The Morgan fingerprint density at radius 1 is 1.44 bits per heavy atom. The Kier molecular flexibility index (Phi) is 2.92. The van der Waals surface area contributed by atoms with Gasteiger partial charge in [0.25, 0.3) is 3.84 Å². The fraction of sp³-hybridized carbons (Fsp3) is 0.500. The summed E-state index contributed by atoms with van der Waals surface area (Å²) < 4.78 is 1.09. The molecule has 1 saturated carbocycles. The number of hydrogen-bond acceptors (Lipinski definition) is 4. The molecule has 0 aromatic carbocycles. The first kappa shape index (κ1) is 12.5. The minimum atomic E-state index is 0.197. The average Bonchev–Trinajstić information content (AvgIpc) is 2.49. The van der Waals surface area contributed by atoms with E-state index in [9.17, 15) is 0 Å². The summed E-state index contributed by atoms with van der Waals surface area (Å²) in [5.74, 6) is 6.89. The van der Waals surface area contributed by atoms with Gasteiger partial charge in [0, 0.05) is 12.0 Å². The van der Waals surface area contributed by atoms with Crippen molar-refractivity contribution in [2.75, 3.05) is 14.1 Å². The lowest BCUT2D eigenvalue weighted by Crippen LogP contribution is -2.50. The minimum absolute atomic E-state index is 0.197. The first-order valence-electron chi connectivity index (χ1n) is 6.06. The summed E-state index contributed by atoms with van der Waals surface area (Å²) in [6, 6.07) is 0.673. The van der Waals surface area contributed by atoms with Crippen LogP contribution in [0.1, 0.15) is 12.8 Å². The number of nitrogens with two attached hydrogens (primary N) is 1. The van der Waals surface area contributed by atoms with Crippen molar-refractivity contribution in [3.8, 4) is 0 Å². The van der Waals surface area contributed by atoms with Crippen molar-refractivity contribution in [2.45, 2.75) is 18.9 Å². The molecule has 1 fully saturated rings. The van der Waals surface area contributed by atoms with Crippen LogP contribution in [0.25, 0.3) is 0 Å². The maximum atomic E-state index is 6.36. The number of allylic oxidation sites excluding steroid dienone is 2. The zero-order chi connectivity index (χ0) is 12.9. The van der Waals surface area contributed by atoms with Crippen LogP contribution in [0.2, 0.25) is 0 Å². The highest BCUT2D eigenvalue weighted by molar-refractivity contribution is 14.1. The van der Waals surface area contributed by atoms with Gasteiger partial charge in [-0.05, 0) is 26.9 Å². The highest BCUT2D eigenvalue weighted by atomic mass is 127. The van der Waals surface area contributed by atoms with E-state index in [0.29, 0.717) is 12.0 Å². The van der Waals surface area contributed by atoms with Gasteiger partial charge in [0.1, 0.15) is 11.9 Å². The van der Waals surface area contributed by atoms with Crippen molar-refractivity contribution in [3.05, 3.63) is 23.8 Å². The van der Waals surface area contributed by atoms with Gasteiger partial charge in [0.05, 0.1) is 35.0 Å². The molecule has 2 aliphatic heterocycles. The van der Waals surface area contributed by atoms with Crippen LogP contribution in [-0.4, -0.2) is 39.7 Å². The van der Waals surface area contributed by atoms with Gasteiger partial charge in [-0.15, -0.1) is 4.59 Å². The lowest BCUT2D eigenvalue weighted by Gasteiger charge is -2.39. The number of rotatable bonds is 2. The standard InChI is InChI=1S/C12H17IN5/c1-17(2)9-5-8(6-9)11-10-7-15-3-4-18(10,14)12(13)16-11/h3-4,7-9H,5-6,14H2,1-2H3/q+1. The maximum Gasteiger partial charge on any atom is 0.293 e. The normalized spacial score (nSPS) is 37.9. The number of nitrogens with zero attached hydrogens (tertiary/aromatic N) is 4. The van der Waals surface area contributed by atoms with E-state index in [-0.39, 0.29) is 4.59 Å². The predicted octanol–water partition coefficient (Wildman–Crippen LogP) is 1.59. The van der Waals surface area contributed by atoms with Gasteiger partial charge >= 0.3 is 0 Å². The second-order valence-corrected chi connectivity index (χ2v) is 6.26. The molecule has 0 aromatic heterocycles. The maximum absolute atomic E-state index is 6.36. The lowest BCUT2D eigenvalue weighted by atomic mass is 9.77. The van der Waals surface area contributed by atoms with Crippen LogP contribution in [-0.2, 0) is 0 Å². The topological polar surface area (TPSA) is 54.0 Å². The summed E-state index contributed by atoms with van der Waals surface area (Å²) in [6.45, 7) is 0. The molecule has 5 nitrogen and oxygen atoms in total. The summed E-state index contributed by atoms with van der Waals surface area (Å²) in [5, 5.41) is 0. The highest BCUT2D eigenvalue weighted by Gasteiger charge is 2.46. The summed E-state index contributed by atoms with van der Waals surface area (Å²) in [7, 11) is 4.27. The Labute approximate surface area is 120 Å². The Balaban J connectivity index is 1.87. The molecule has 1 aliphatic carbocycles. The van der Waals surface area contributed by atoms with Crippen LogP contribution >= 0.6 is 22.6 Å². The van der Waals surface area contributed by atoms with E-state index < -0.39 is 0 Å². The van der Waals surface area contributed by atoms with E-state index in [0.717, 1.165) is 28.1 Å². The molecule has 96 valence electrons. The Morgan fingerprint density at radius 2 is 2.17 bits per heavy atom. The summed E-state index contributed by atoms with van der Waals surface area (Å²) in [4.78, 5) is 11.2. The molecule has 0 radical (unpaired) electrons. The molecule has 3 aliphatic rings. The molecule has 3 rings (SSSR count). The van der Waals surface area contributed by atoms with E-state index in [2.05, 4.69) is 51.6 Å². The van der Waals surface area contributed by atoms with Gasteiger partial charge in [-0.2, -0.15) is 10.8 Å². The molecular formula is C12H17IN5+. The highest BCUT2D eigenvalue weighted by Crippen LogP contribution is 2.43. The third-order valence-corrected chi connectivity index (χ3v) is 5.03. The molecule has 0 saturated heterocycles. The van der Waals surface area contributed by atoms with Gasteiger partial charge in [-0.3, -0.25) is 4.99 Å². The molecule has 2 heterocycles. The van der Waals surface area contributed by atoms with Crippen molar-refractivity contribution in [1.82, 2.24) is 4.90 Å². The number of halogens is 1. The third-order valence-electron chi connectivity index (χ3n) is 3.99. The fourth-order valence-corrected chi connectivity index (χ4v) is 3.30. The van der Waals surface area contributed by atoms with Crippen LogP contribution in [0.4, 0.5) is 0 Å². The second-order valence-electron chi connectivity index (χ2n) is 5.29. The SMILES string of the molecule is CN(C)C1CC(C2=C3C=NC=C[N+]3(N)C(I)=N2)C1. The molecule has 1 unspecified atom stereocenters. The third kappa shape index (κ3) is 1.70. The van der Waals surface area contributed by atoms with Gasteiger partial charge < -0.3 is 4.90 Å². The zero-order valence-corrected chi connectivity index (χ0v) is 12.7. The van der Waals surface area contributed by atoms with Crippen LogP contribution < -0.4 is 5.84 Å². The van der Waals surface area contributed by atoms with Gasteiger partial charge in [-0.1, -0.05) is 0 Å². The van der Waals surface area contributed by atoms with E-state index >= 15 is 0 Å². The molecule has 6 heteroatoms. The number of fused-ring (bicyclic) bond motifs is 1. The number of amidine groups is 1. The molecule has 18 heavy (non-hydrogen) atoms. The van der Waals surface area contributed by atoms with Crippen molar-refractivity contribution < 1.29 is 4.59 Å². The van der Waals surface area contributed by atoms with Crippen molar-refractivity contribution in [2.24, 2.45) is 21.7 Å². The quantitative estimate of drug-likeness (QED) is 0.353. The molecule has 0 bridgehead atoms. The van der Waals surface area contributed by atoms with Gasteiger partial charge in [0.15, 0.2) is 0 Å². The first-order chi connectivity index (χ1) is 8.52. The van der Waals surface area contributed by atoms with Crippen molar-refractivity contribution in [3.63, 3.8) is 0 Å². The Hall–Kier alpha value is -0.570. The van der Waals surface area contributed by atoms with Crippen molar-refractivity contribution in [1.29, 1.82) is 0 Å². The summed E-state index contributed by atoms with van der Waals surface area (Å²) in [5.41, 5.74) is 2.16. The Morgan fingerprint density at radius 3 is 2.83 bits per heavy atom. The summed E-state index contributed by atoms with van der Waals surface area (Å²) >= 11 is 2.22. The zero-order valence-electron chi connectivity index (χ0n) is 10.5. The minimum Gasteiger partial charge on any atom is -0.306 e. The predicted molar refractivity (Wildman–Crippen MR) is 80.8 cm³/mol. The van der Waals surface area contributed by atoms with Gasteiger partial charge in [-0.25, -0.2) is 0 Å². The molecule has 0 amide bonds. The van der Waals surface area contributed by atoms with Crippen LogP contribution in [0.3, 0.4) is 0 Å². The van der Waals surface area contributed by atoms with Crippen LogP contribution in [0, 0.1) is 5.92 Å². The fourth-order valence-electron chi connectivity index (χ4n) is 2.62. The van der Waals surface area contributed by atoms with E-state index in [1.807, 2.05) is 12.4 Å². The van der Waals surface area contributed by atoms with Crippen molar-refractivity contribution >= 4 is 32.6 Å². The van der Waals surface area contributed by atoms with E-state index in [4.69, 9.17) is 5.84 Å². The molecular weight excluding hydrogens is 341 g/mol. The molecule has 0 spiro atoms. The Bertz CT molecular complexity index is 499. The molecule has 2 N–H and O–H groups in total. The van der Waals surface area contributed by atoms with Crippen LogP contribution in [0.5, 0.6) is 0 Å². The van der Waals surface area contributed by atoms with Gasteiger partial charge in [0.2, 0.25) is 5.70 Å². The monoisotopic (exact) mass is 358 g/mol. The number of quaternary nitrogens is 1. The number of hydrogen-bond donors (Lipinski definition) is 1. The van der Waals surface area contributed by atoms with E-state index in [1.165, 1.54) is 0 Å². The largest absolute Gasteiger partial charge is 0.306 e. The summed E-state index contributed by atoms with van der Waals surface area (Å²) in [6.07, 6.45) is 7.81. The first-order valence-corrected chi connectivity index (χ1v) is 7.14. The number of aliphatic imine (C=N–C) groups is 2.